The molecule has 0 aromatic carbocycles. The molecule has 1 fully saturated rings. The number of aryl methyl sites for hydroxylation is 1. The van der Waals surface area contributed by atoms with Crippen LogP contribution in [0.1, 0.15) is 54.9 Å². The van der Waals surface area contributed by atoms with Crippen molar-refractivity contribution < 1.29 is 14.8 Å². The van der Waals surface area contributed by atoms with Crippen molar-refractivity contribution in [3.05, 3.63) is 37.5 Å². The number of amides is 2. The molecule has 4 heterocycles. The summed E-state index contributed by atoms with van der Waals surface area (Å²) in [6.45, 7) is 3.85. The molecule has 0 radical (unpaired) electrons. The van der Waals surface area contributed by atoms with Gasteiger partial charge in [-0.3, -0.25) is 19.8 Å². The summed E-state index contributed by atoms with van der Waals surface area (Å²) in [5.74, 6) is 0.525. The molecule has 2 aliphatic rings. The summed E-state index contributed by atoms with van der Waals surface area (Å²) in [4.78, 5) is 36.0. The number of amidine groups is 1. The Bertz CT molecular complexity index is 965. The lowest BCUT2D eigenvalue weighted by Gasteiger charge is -2.20. The average molecular weight is 466 g/mol. The number of aliphatic imine (C=N–C) groups is 1. The second kappa shape index (κ2) is 9.56. The Morgan fingerprint density at radius 1 is 1.33 bits per heavy atom. The molecule has 160 valence electrons. The molecule has 0 saturated carbocycles. The van der Waals surface area contributed by atoms with Crippen molar-refractivity contribution in [2.24, 2.45) is 4.99 Å². The predicted molar refractivity (Wildman–Crippen MR) is 120 cm³/mol. The van der Waals surface area contributed by atoms with Crippen LogP contribution in [-0.2, 0) is 11.2 Å². The number of thiazole rings is 1. The second-order valence-corrected chi connectivity index (χ2v) is 10.5. The first kappa shape index (κ1) is 21.4. The molecule has 30 heavy (non-hydrogen) atoms. The third kappa shape index (κ3) is 4.92. The summed E-state index contributed by atoms with van der Waals surface area (Å²) in [5, 5.41) is 16.6. The maximum Gasteiger partial charge on any atom is 0.269 e. The van der Waals surface area contributed by atoms with Gasteiger partial charge in [-0.15, -0.1) is 22.7 Å². The van der Waals surface area contributed by atoms with Crippen LogP contribution in [0.5, 0.6) is 0 Å². The maximum absolute atomic E-state index is 12.8. The summed E-state index contributed by atoms with van der Waals surface area (Å²) >= 11 is 4.49. The fraction of sp³-hybridized carbons (Fsp3) is 0.474. The van der Waals surface area contributed by atoms with E-state index >= 15 is 0 Å². The summed E-state index contributed by atoms with van der Waals surface area (Å²) in [6, 6.07) is 3.77. The van der Waals surface area contributed by atoms with Crippen molar-refractivity contribution in [2.75, 3.05) is 18.8 Å². The van der Waals surface area contributed by atoms with Gasteiger partial charge in [0.25, 0.3) is 5.91 Å². The summed E-state index contributed by atoms with van der Waals surface area (Å²) in [5.41, 5.74) is 2.41. The summed E-state index contributed by atoms with van der Waals surface area (Å²) in [6.07, 6.45) is 2.38. The highest BCUT2D eigenvalue weighted by Crippen LogP contribution is 2.34. The topological polar surface area (TPSA) is 116 Å². The normalized spacial score (nSPS) is 21.3. The monoisotopic (exact) mass is 465 g/mol. The number of aromatic nitrogens is 1. The highest BCUT2D eigenvalue weighted by atomic mass is 32.2. The van der Waals surface area contributed by atoms with E-state index in [9.17, 15) is 9.59 Å². The molecule has 2 unspecified atom stereocenters. The molecule has 2 amide bonds. The minimum absolute atomic E-state index is 0.0485. The molecule has 0 aliphatic carbocycles. The van der Waals surface area contributed by atoms with Crippen molar-refractivity contribution >= 4 is 51.4 Å². The third-order valence-corrected chi connectivity index (χ3v) is 8.48. The molecule has 4 rings (SSSR count). The Morgan fingerprint density at radius 2 is 2.20 bits per heavy atom. The maximum atomic E-state index is 12.8. The molecule has 2 aromatic rings. The lowest BCUT2D eigenvalue weighted by molar-refractivity contribution is -0.128. The molecule has 0 bridgehead atoms. The van der Waals surface area contributed by atoms with E-state index in [0.717, 1.165) is 52.1 Å². The van der Waals surface area contributed by atoms with Crippen LogP contribution in [0.15, 0.2) is 17.1 Å². The first-order valence-electron chi connectivity index (χ1n) is 9.75. The van der Waals surface area contributed by atoms with Gasteiger partial charge in [0.2, 0.25) is 5.91 Å². The molecule has 2 atom stereocenters. The van der Waals surface area contributed by atoms with E-state index in [4.69, 9.17) is 5.21 Å². The van der Waals surface area contributed by atoms with Crippen LogP contribution in [0, 0.1) is 6.92 Å². The summed E-state index contributed by atoms with van der Waals surface area (Å²) < 4.78 is 0. The SMILES string of the molecule is Cc1nc(C2CCCNC2)sc1C(=O)NC1=NC(c2ccc(CC(=O)NO)s2)CS1. The van der Waals surface area contributed by atoms with Crippen LogP contribution in [-0.4, -0.2) is 46.0 Å². The molecule has 1 saturated heterocycles. The predicted octanol–water partition coefficient (Wildman–Crippen LogP) is 2.60. The zero-order valence-corrected chi connectivity index (χ0v) is 18.9. The Morgan fingerprint density at radius 3 is 2.97 bits per heavy atom. The van der Waals surface area contributed by atoms with Crippen molar-refractivity contribution in [2.45, 2.75) is 38.1 Å². The van der Waals surface area contributed by atoms with Crippen LogP contribution in [0.2, 0.25) is 0 Å². The molecular formula is C19H23N5O3S3. The van der Waals surface area contributed by atoms with Gasteiger partial charge in [0.15, 0.2) is 5.17 Å². The van der Waals surface area contributed by atoms with Crippen molar-refractivity contribution in [3.63, 3.8) is 0 Å². The van der Waals surface area contributed by atoms with E-state index in [1.807, 2.05) is 19.1 Å². The minimum Gasteiger partial charge on any atom is -0.316 e. The summed E-state index contributed by atoms with van der Waals surface area (Å²) in [7, 11) is 0. The molecule has 2 aromatic heterocycles. The van der Waals surface area contributed by atoms with Gasteiger partial charge in [0.05, 0.1) is 23.2 Å². The fourth-order valence-corrected chi connectivity index (χ4v) is 6.66. The zero-order valence-electron chi connectivity index (χ0n) is 16.4. The van der Waals surface area contributed by atoms with Gasteiger partial charge in [-0.25, -0.2) is 10.5 Å². The molecule has 4 N–H and O–H groups in total. The number of hydrogen-bond acceptors (Lipinski definition) is 9. The van der Waals surface area contributed by atoms with E-state index in [0.29, 0.717) is 16.0 Å². The lowest BCUT2D eigenvalue weighted by atomic mass is 10.0. The van der Waals surface area contributed by atoms with Gasteiger partial charge < -0.3 is 10.6 Å². The number of carbonyl (C=O) groups excluding carboxylic acids is 2. The Balaban J connectivity index is 1.39. The number of nitrogens with zero attached hydrogens (tertiary/aromatic N) is 2. The third-order valence-electron chi connectivity index (χ3n) is 5.01. The lowest BCUT2D eigenvalue weighted by Crippen LogP contribution is -2.28. The van der Waals surface area contributed by atoms with Gasteiger partial charge in [0, 0.05) is 28.0 Å². The van der Waals surface area contributed by atoms with Crippen LogP contribution in [0.4, 0.5) is 0 Å². The van der Waals surface area contributed by atoms with Crippen molar-refractivity contribution in [3.8, 4) is 0 Å². The quantitative estimate of drug-likeness (QED) is 0.399. The molecule has 11 heteroatoms. The Kier molecular flexibility index (Phi) is 6.84. The van der Waals surface area contributed by atoms with E-state index in [-0.39, 0.29) is 18.4 Å². The Labute approximate surface area is 186 Å². The standard InChI is InChI=1S/C19H23N5O3S3/c1-10-16(30-18(21-10)11-3-2-6-20-8-11)17(26)23-19-22-13(9-28-19)14-5-4-12(29-14)7-15(25)24-27/h4-5,11,13,20,27H,2-3,6-9H2,1H3,(H,24,25)(H,22,23,26). The minimum atomic E-state index is -0.441. The van der Waals surface area contributed by atoms with Crippen LogP contribution in [0.25, 0.3) is 0 Å². The largest absolute Gasteiger partial charge is 0.316 e. The first-order valence-corrected chi connectivity index (χ1v) is 12.4. The zero-order chi connectivity index (χ0) is 21.1. The van der Waals surface area contributed by atoms with Gasteiger partial charge in [-0.1, -0.05) is 11.8 Å². The smallest absolute Gasteiger partial charge is 0.269 e. The molecule has 0 spiro atoms. The van der Waals surface area contributed by atoms with E-state index in [1.165, 1.54) is 34.4 Å². The van der Waals surface area contributed by atoms with Crippen molar-refractivity contribution in [1.29, 1.82) is 0 Å². The highest BCUT2D eigenvalue weighted by molar-refractivity contribution is 8.14. The number of carbonyl (C=O) groups is 2. The van der Waals surface area contributed by atoms with Crippen molar-refractivity contribution in [1.82, 2.24) is 21.1 Å². The van der Waals surface area contributed by atoms with Gasteiger partial charge in [-0.2, -0.15) is 0 Å². The highest BCUT2D eigenvalue weighted by Gasteiger charge is 2.26. The second-order valence-electron chi connectivity index (χ2n) is 7.24. The number of rotatable bonds is 5. The average Bonchev–Trinajstić information content (AvgIpc) is 3.48. The van der Waals surface area contributed by atoms with Crippen LogP contribution >= 0.6 is 34.4 Å². The number of hydroxylamine groups is 1. The number of hydrogen-bond donors (Lipinski definition) is 4. The van der Waals surface area contributed by atoms with Crippen LogP contribution < -0.4 is 16.1 Å². The number of thioether (sulfide) groups is 1. The Hall–Kier alpha value is -1.79. The molecular weight excluding hydrogens is 442 g/mol. The van der Waals surface area contributed by atoms with Gasteiger partial charge >= 0.3 is 0 Å². The van der Waals surface area contributed by atoms with E-state index in [1.54, 1.807) is 5.48 Å². The first-order chi connectivity index (χ1) is 14.5. The van der Waals surface area contributed by atoms with Gasteiger partial charge in [0.1, 0.15) is 4.88 Å². The molecule has 8 nitrogen and oxygen atoms in total. The number of piperidine rings is 1. The van der Waals surface area contributed by atoms with Gasteiger partial charge in [-0.05, 0) is 38.4 Å². The fourth-order valence-electron chi connectivity index (χ4n) is 3.47. The van der Waals surface area contributed by atoms with Crippen LogP contribution in [0.3, 0.4) is 0 Å². The molecule has 2 aliphatic heterocycles. The van der Waals surface area contributed by atoms with E-state index in [2.05, 4.69) is 20.6 Å². The number of thiophene rings is 1. The van der Waals surface area contributed by atoms with E-state index < -0.39 is 5.91 Å². The number of nitrogens with one attached hydrogen (secondary N) is 3.